The molecule has 0 heterocycles. The van der Waals surface area contributed by atoms with Gasteiger partial charge in [0.2, 0.25) is 0 Å². The normalized spacial score (nSPS) is 12.8. The molecule has 0 fully saturated rings. The van der Waals surface area contributed by atoms with Gasteiger partial charge in [0.1, 0.15) is 25.3 Å². The van der Waals surface area contributed by atoms with Crippen LogP contribution in [0, 0.1) is 0 Å². The zero-order valence-corrected chi connectivity index (χ0v) is 25.0. The first kappa shape index (κ1) is 34.0. The molecule has 4 N–H and O–H groups in total. The van der Waals surface area contributed by atoms with Gasteiger partial charge in [-0.15, -0.1) is 0 Å². The Kier molecular flexibility index (Phi) is 13.2. The van der Waals surface area contributed by atoms with Crippen molar-refractivity contribution in [3.8, 4) is 0 Å². The summed E-state index contributed by atoms with van der Waals surface area (Å²) in [5, 5.41) is 4.92. The molecule has 12 heteroatoms. The van der Waals surface area contributed by atoms with Gasteiger partial charge in [0.05, 0.1) is 24.4 Å². The van der Waals surface area contributed by atoms with Gasteiger partial charge in [-0.25, -0.2) is 9.59 Å². The van der Waals surface area contributed by atoms with Gasteiger partial charge in [0, 0.05) is 0 Å². The van der Waals surface area contributed by atoms with Crippen LogP contribution in [0.4, 0.5) is 9.59 Å². The van der Waals surface area contributed by atoms with E-state index < -0.39 is 47.3 Å². The standard InChI is InChI=1S/C30H42N4O8/c1-29(2,3)41-19-23(31-27(37)39-17-21-13-9-7-10-14-21)25(35)33-34-26(36)24(20-42-30(4,5)6)32-28(38)40-18-22-15-11-8-12-16-22/h7-16,23-24H,17-20H2,1-6H3,(H,31,37)(H,32,38)(H,33,35)(H,34,36)/t23-,24-/m0/s1. The quantitative estimate of drug-likeness (QED) is 0.276. The van der Waals surface area contributed by atoms with Crippen molar-refractivity contribution in [2.24, 2.45) is 0 Å². The van der Waals surface area contributed by atoms with E-state index in [0.29, 0.717) is 0 Å². The van der Waals surface area contributed by atoms with Crippen molar-refractivity contribution < 1.29 is 38.1 Å². The Labute approximate surface area is 246 Å². The topological polar surface area (TPSA) is 153 Å². The molecule has 0 aliphatic carbocycles. The van der Waals surface area contributed by atoms with Crippen LogP contribution in [0.25, 0.3) is 0 Å². The van der Waals surface area contributed by atoms with E-state index >= 15 is 0 Å². The second kappa shape index (κ2) is 16.3. The molecule has 0 aromatic heterocycles. The third kappa shape index (κ3) is 14.5. The van der Waals surface area contributed by atoms with Crippen molar-refractivity contribution in [3.63, 3.8) is 0 Å². The minimum Gasteiger partial charge on any atom is -0.445 e. The molecule has 4 amide bonds. The summed E-state index contributed by atoms with van der Waals surface area (Å²) in [5.41, 5.74) is 4.85. The molecular formula is C30H42N4O8. The summed E-state index contributed by atoms with van der Waals surface area (Å²) in [6, 6.07) is 15.7. The van der Waals surface area contributed by atoms with Gasteiger partial charge in [0.25, 0.3) is 11.8 Å². The summed E-state index contributed by atoms with van der Waals surface area (Å²) in [7, 11) is 0. The SMILES string of the molecule is CC(C)(C)OC[C@H](NC(=O)OCc1ccccc1)C(=O)NNC(=O)[C@H](COC(C)(C)C)NC(=O)OCc1ccccc1. The molecule has 12 nitrogen and oxygen atoms in total. The van der Waals surface area contributed by atoms with Gasteiger partial charge in [-0.1, -0.05) is 60.7 Å². The third-order valence-electron chi connectivity index (χ3n) is 5.32. The van der Waals surface area contributed by atoms with E-state index in [1.165, 1.54) is 0 Å². The number of hydrogen-bond acceptors (Lipinski definition) is 8. The number of alkyl carbamates (subject to hydrolysis) is 2. The maximum Gasteiger partial charge on any atom is 0.408 e. The third-order valence-corrected chi connectivity index (χ3v) is 5.32. The van der Waals surface area contributed by atoms with E-state index in [4.69, 9.17) is 18.9 Å². The van der Waals surface area contributed by atoms with Crippen LogP contribution in [0.1, 0.15) is 52.7 Å². The van der Waals surface area contributed by atoms with Crippen LogP contribution >= 0.6 is 0 Å². The predicted molar refractivity (Wildman–Crippen MR) is 155 cm³/mol. The first-order valence-corrected chi connectivity index (χ1v) is 13.5. The van der Waals surface area contributed by atoms with Crippen molar-refractivity contribution in [1.29, 1.82) is 0 Å². The lowest BCUT2D eigenvalue weighted by atomic mass is 10.2. The molecule has 0 aliphatic rings. The largest absolute Gasteiger partial charge is 0.445 e. The highest BCUT2D eigenvalue weighted by Gasteiger charge is 2.28. The van der Waals surface area contributed by atoms with Gasteiger partial charge in [-0.2, -0.15) is 0 Å². The number of hydrogen-bond donors (Lipinski definition) is 4. The number of rotatable bonds is 12. The molecule has 2 aromatic rings. The number of carbonyl (C=O) groups excluding carboxylic acids is 4. The Hall–Kier alpha value is -4.16. The van der Waals surface area contributed by atoms with Crippen LogP contribution in [0.15, 0.2) is 60.7 Å². The smallest absolute Gasteiger partial charge is 0.408 e. The average Bonchev–Trinajstić information content (AvgIpc) is 2.93. The van der Waals surface area contributed by atoms with Crippen LogP contribution in [-0.4, -0.2) is 60.5 Å². The van der Waals surface area contributed by atoms with Gasteiger partial charge in [0.15, 0.2) is 0 Å². The van der Waals surface area contributed by atoms with Gasteiger partial charge >= 0.3 is 12.2 Å². The van der Waals surface area contributed by atoms with Crippen molar-refractivity contribution in [2.75, 3.05) is 13.2 Å². The summed E-state index contributed by atoms with van der Waals surface area (Å²) < 4.78 is 21.8. The zero-order chi connectivity index (χ0) is 31.2. The second-order valence-corrected chi connectivity index (χ2v) is 11.3. The molecule has 0 saturated heterocycles. The molecule has 0 radical (unpaired) electrons. The predicted octanol–water partition coefficient (Wildman–Crippen LogP) is 3.35. The van der Waals surface area contributed by atoms with Crippen LogP contribution in [0.2, 0.25) is 0 Å². The Bertz CT molecular complexity index is 1060. The van der Waals surface area contributed by atoms with Gasteiger partial charge in [-0.3, -0.25) is 20.4 Å². The zero-order valence-electron chi connectivity index (χ0n) is 25.0. The highest BCUT2D eigenvalue weighted by atomic mass is 16.6. The van der Waals surface area contributed by atoms with Crippen molar-refractivity contribution in [2.45, 2.75) is 78.0 Å². The average molecular weight is 587 g/mol. The maximum atomic E-state index is 13.0. The number of benzene rings is 2. The minimum atomic E-state index is -1.21. The molecule has 0 unspecified atom stereocenters. The lowest BCUT2D eigenvalue weighted by molar-refractivity contribution is -0.134. The molecule has 0 saturated carbocycles. The highest BCUT2D eigenvalue weighted by Crippen LogP contribution is 2.09. The first-order chi connectivity index (χ1) is 19.7. The van der Waals surface area contributed by atoms with E-state index in [0.717, 1.165) is 11.1 Å². The Morgan fingerprint density at radius 3 is 1.24 bits per heavy atom. The monoisotopic (exact) mass is 586 g/mol. The first-order valence-electron chi connectivity index (χ1n) is 13.5. The summed E-state index contributed by atoms with van der Waals surface area (Å²) in [6.45, 7) is 10.3. The summed E-state index contributed by atoms with van der Waals surface area (Å²) in [6.07, 6.45) is -1.69. The van der Waals surface area contributed by atoms with Crippen molar-refractivity contribution in [3.05, 3.63) is 71.8 Å². The maximum absolute atomic E-state index is 13.0. The summed E-state index contributed by atoms with van der Waals surface area (Å²) in [5.74, 6) is -1.54. The number of amides is 4. The molecule has 0 aliphatic heterocycles. The molecule has 0 bridgehead atoms. The summed E-state index contributed by atoms with van der Waals surface area (Å²) >= 11 is 0. The lowest BCUT2D eigenvalue weighted by Crippen LogP contribution is -2.58. The van der Waals surface area contributed by atoms with Crippen LogP contribution < -0.4 is 21.5 Å². The molecular weight excluding hydrogens is 544 g/mol. The van der Waals surface area contributed by atoms with E-state index in [-0.39, 0.29) is 26.4 Å². The van der Waals surface area contributed by atoms with Gasteiger partial charge in [-0.05, 0) is 52.7 Å². The molecule has 2 aromatic carbocycles. The Morgan fingerprint density at radius 2 is 0.929 bits per heavy atom. The highest BCUT2D eigenvalue weighted by molar-refractivity contribution is 5.90. The molecule has 2 rings (SSSR count). The molecule has 2 atom stereocenters. The van der Waals surface area contributed by atoms with E-state index in [1.807, 2.05) is 36.4 Å². The Morgan fingerprint density at radius 1 is 0.595 bits per heavy atom. The van der Waals surface area contributed by atoms with Crippen LogP contribution in [0.3, 0.4) is 0 Å². The number of ether oxygens (including phenoxy) is 4. The van der Waals surface area contributed by atoms with E-state index in [2.05, 4.69) is 21.5 Å². The Balaban J connectivity index is 1.99. The van der Waals surface area contributed by atoms with Gasteiger partial charge < -0.3 is 29.6 Å². The number of nitrogens with one attached hydrogen (secondary N) is 4. The number of hydrazine groups is 1. The fourth-order valence-corrected chi connectivity index (χ4v) is 3.14. The van der Waals surface area contributed by atoms with Crippen molar-refractivity contribution in [1.82, 2.24) is 21.5 Å². The molecule has 42 heavy (non-hydrogen) atoms. The fourth-order valence-electron chi connectivity index (χ4n) is 3.14. The second-order valence-electron chi connectivity index (χ2n) is 11.3. The van der Waals surface area contributed by atoms with Crippen molar-refractivity contribution >= 4 is 24.0 Å². The van der Waals surface area contributed by atoms with Crippen LogP contribution in [0.5, 0.6) is 0 Å². The lowest BCUT2D eigenvalue weighted by Gasteiger charge is -2.26. The van der Waals surface area contributed by atoms with E-state index in [1.54, 1.807) is 65.8 Å². The minimum absolute atomic E-state index is 0.000620. The molecule has 230 valence electrons. The van der Waals surface area contributed by atoms with E-state index in [9.17, 15) is 19.2 Å². The molecule has 0 spiro atoms. The number of carbonyl (C=O) groups is 4. The fraction of sp³-hybridized carbons (Fsp3) is 0.467. The van der Waals surface area contributed by atoms with Crippen LogP contribution in [-0.2, 0) is 41.8 Å². The summed E-state index contributed by atoms with van der Waals surface area (Å²) in [4.78, 5) is 50.8.